The first-order valence-electron chi connectivity index (χ1n) is 6.38. The molecule has 0 saturated carbocycles. The number of ether oxygens (including phenoxy) is 1. The molecular formula is C16H18O3. The summed E-state index contributed by atoms with van der Waals surface area (Å²) in [5, 5.41) is 19.3. The summed E-state index contributed by atoms with van der Waals surface area (Å²) in [5.74, 6) is 0.906. The summed E-state index contributed by atoms with van der Waals surface area (Å²) in [6, 6.07) is 14.4. The predicted octanol–water partition coefficient (Wildman–Crippen LogP) is 3.41. The van der Waals surface area contributed by atoms with Crippen LogP contribution in [0, 0.1) is 0 Å². The molecular weight excluding hydrogens is 240 g/mol. The smallest absolute Gasteiger partial charge is 0.125 e. The normalized spacial score (nSPS) is 12.1. The van der Waals surface area contributed by atoms with Gasteiger partial charge >= 0.3 is 0 Å². The van der Waals surface area contributed by atoms with Crippen molar-refractivity contribution in [1.82, 2.24) is 0 Å². The average molecular weight is 258 g/mol. The zero-order valence-corrected chi connectivity index (χ0v) is 10.9. The van der Waals surface area contributed by atoms with Crippen molar-refractivity contribution < 1.29 is 14.9 Å². The Kier molecular flexibility index (Phi) is 4.42. The zero-order valence-electron chi connectivity index (χ0n) is 10.9. The van der Waals surface area contributed by atoms with E-state index < -0.39 is 6.10 Å². The van der Waals surface area contributed by atoms with E-state index in [1.807, 2.05) is 37.3 Å². The number of aliphatic hydroxyl groups excluding tert-OH is 1. The molecule has 0 aromatic heterocycles. The van der Waals surface area contributed by atoms with Crippen molar-refractivity contribution >= 4 is 0 Å². The standard InChI is InChI=1S/C16H18O3/c1-2-15(18)14-8-3-4-9-16(14)19-11-12-6-5-7-13(17)10-12/h3-10,15,17-18H,2,11H2,1H3/t15-/m1/s1. The number of phenols is 1. The summed E-state index contributed by atoms with van der Waals surface area (Å²) in [7, 11) is 0. The topological polar surface area (TPSA) is 49.7 Å². The maximum atomic E-state index is 9.93. The van der Waals surface area contributed by atoms with Crippen LogP contribution in [0.3, 0.4) is 0 Å². The van der Waals surface area contributed by atoms with Crippen LogP contribution in [0.15, 0.2) is 48.5 Å². The first-order chi connectivity index (χ1) is 9.20. The Hall–Kier alpha value is -2.00. The van der Waals surface area contributed by atoms with Gasteiger partial charge in [0.15, 0.2) is 0 Å². The van der Waals surface area contributed by atoms with Gasteiger partial charge in [0, 0.05) is 5.56 Å². The fraction of sp³-hybridized carbons (Fsp3) is 0.250. The van der Waals surface area contributed by atoms with Crippen molar-refractivity contribution in [2.45, 2.75) is 26.1 Å². The quantitative estimate of drug-likeness (QED) is 0.864. The third-order valence-electron chi connectivity index (χ3n) is 2.97. The Morgan fingerprint density at radius 3 is 2.63 bits per heavy atom. The fourth-order valence-electron chi connectivity index (χ4n) is 1.91. The summed E-state index contributed by atoms with van der Waals surface area (Å²) in [6.07, 6.45) is 0.132. The molecule has 1 atom stereocenters. The van der Waals surface area contributed by atoms with Crippen LogP contribution in [0.2, 0.25) is 0 Å². The van der Waals surface area contributed by atoms with Crippen molar-refractivity contribution in [2.24, 2.45) is 0 Å². The molecule has 19 heavy (non-hydrogen) atoms. The van der Waals surface area contributed by atoms with Crippen molar-refractivity contribution in [1.29, 1.82) is 0 Å². The van der Waals surface area contributed by atoms with Gasteiger partial charge in [-0.1, -0.05) is 37.3 Å². The first-order valence-corrected chi connectivity index (χ1v) is 6.38. The Labute approximate surface area is 113 Å². The highest BCUT2D eigenvalue weighted by molar-refractivity contribution is 5.35. The van der Waals surface area contributed by atoms with Crippen LogP contribution in [-0.2, 0) is 6.61 Å². The maximum absolute atomic E-state index is 9.93. The molecule has 0 spiro atoms. The molecule has 0 heterocycles. The van der Waals surface area contributed by atoms with Gasteiger partial charge in [-0.25, -0.2) is 0 Å². The van der Waals surface area contributed by atoms with Gasteiger partial charge in [-0.15, -0.1) is 0 Å². The van der Waals surface area contributed by atoms with Crippen molar-refractivity contribution in [3.05, 3.63) is 59.7 Å². The number of hydrogen-bond donors (Lipinski definition) is 2. The third-order valence-corrected chi connectivity index (χ3v) is 2.97. The van der Waals surface area contributed by atoms with Gasteiger partial charge in [0.2, 0.25) is 0 Å². The number of rotatable bonds is 5. The second-order valence-corrected chi connectivity index (χ2v) is 4.42. The fourth-order valence-corrected chi connectivity index (χ4v) is 1.91. The minimum absolute atomic E-state index is 0.225. The van der Waals surface area contributed by atoms with Crippen LogP contribution in [0.4, 0.5) is 0 Å². The van der Waals surface area contributed by atoms with Gasteiger partial charge in [0.05, 0.1) is 6.10 Å². The molecule has 0 amide bonds. The van der Waals surface area contributed by atoms with E-state index in [2.05, 4.69) is 0 Å². The highest BCUT2D eigenvalue weighted by Crippen LogP contribution is 2.27. The van der Waals surface area contributed by atoms with Crippen LogP contribution in [-0.4, -0.2) is 10.2 Å². The molecule has 3 nitrogen and oxygen atoms in total. The Bertz CT molecular complexity index is 537. The SMILES string of the molecule is CC[C@@H](O)c1ccccc1OCc1cccc(O)c1. The summed E-state index contributed by atoms with van der Waals surface area (Å²) in [6.45, 7) is 2.29. The largest absolute Gasteiger partial charge is 0.508 e. The summed E-state index contributed by atoms with van der Waals surface area (Å²) >= 11 is 0. The van der Waals surface area contributed by atoms with E-state index in [0.29, 0.717) is 18.8 Å². The molecule has 0 aliphatic heterocycles. The Balaban J connectivity index is 2.11. The lowest BCUT2D eigenvalue weighted by atomic mass is 10.1. The number of hydrogen-bond acceptors (Lipinski definition) is 3. The minimum atomic E-state index is -0.514. The van der Waals surface area contributed by atoms with Crippen molar-refractivity contribution in [3.8, 4) is 11.5 Å². The third kappa shape index (κ3) is 3.48. The molecule has 0 aliphatic rings. The van der Waals surface area contributed by atoms with Gasteiger partial charge < -0.3 is 14.9 Å². The minimum Gasteiger partial charge on any atom is -0.508 e. The highest BCUT2D eigenvalue weighted by Gasteiger charge is 2.11. The summed E-state index contributed by atoms with van der Waals surface area (Å²) in [5.41, 5.74) is 1.69. The number of benzene rings is 2. The van der Waals surface area contributed by atoms with E-state index in [4.69, 9.17) is 4.74 Å². The molecule has 3 heteroatoms. The lowest BCUT2D eigenvalue weighted by Gasteiger charge is -2.15. The average Bonchev–Trinajstić information content (AvgIpc) is 2.45. The van der Waals surface area contributed by atoms with Crippen molar-refractivity contribution in [2.75, 3.05) is 0 Å². The maximum Gasteiger partial charge on any atom is 0.125 e. The van der Waals surface area contributed by atoms with Crippen LogP contribution >= 0.6 is 0 Å². The predicted molar refractivity (Wildman–Crippen MR) is 74.1 cm³/mol. The molecule has 0 bridgehead atoms. The van der Waals surface area contributed by atoms with Crippen LogP contribution in [0.1, 0.15) is 30.6 Å². The van der Waals surface area contributed by atoms with Crippen LogP contribution < -0.4 is 4.74 Å². The molecule has 0 fully saturated rings. The molecule has 0 unspecified atom stereocenters. The van der Waals surface area contributed by atoms with Gasteiger partial charge in [0.25, 0.3) is 0 Å². The first kappa shape index (κ1) is 13.4. The van der Waals surface area contributed by atoms with E-state index in [0.717, 1.165) is 11.1 Å². The molecule has 100 valence electrons. The summed E-state index contributed by atoms with van der Waals surface area (Å²) in [4.78, 5) is 0. The Morgan fingerprint density at radius 1 is 1.11 bits per heavy atom. The zero-order chi connectivity index (χ0) is 13.7. The van der Waals surface area contributed by atoms with E-state index >= 15 is 0 Å². The number of para-hydroxylation sites is 1. The number of aromatic hydroxyl groups is 1. The molecule has 2 aromatic rings. The van der Waals surface area contributed by atoms with Crippen LogP contribution in [0.5, 0.6) is 11.5 Å². The lowest BCUT2D eigenvalue weighted by molar-refractivity contribution is 0.166. The van der Waals surface area contributed by atoms with Crippen molar-refractivity contribution in [3.63, 3.8) is 0 Å². The van der Waals surface area contributed by atoms with Crippen LogP contribution in [0.25, 0.3) is 0 Å². The summed E-state index contributed by atoms with van der Waals surface area (Å²) < 4.78 is 5.73. The lowest BCUT2D eigenvalue weighted by Crippen LogP contribution is -2.02. The van der Waals surface area contributed by atoms with Gasteiger partial charge in [-0.2, -0.15) is 0 Å². The molecule has 2 N–H and O–H groups in total. The number of aliphatic hydroxyl groups is 1. The molecule has 2 rings (SSSR count). The molecule has 0 radical (unpaired) electrons. The second-order valence-electron chi connectivity index (χ2n) is 4.42. The molecule has 0 saturated heterocycles. The second kappa shape index (κ2) is 6.25. The van der Waals surface area contributed by atoms with Gasteiger partial charge in [-0.05, 0) is 30.2 Å². The van der Waals surface area contributed by atoms with E-state index in [-0.39, 0.29) is 5.75 Å². The highest BCUT2D eigenvalue weighted by atomic mass is 16.5. The molecule has 0 aliphatic carbocycles. The van der Waals surface area contributed by atoms with E-state index in [1.54, 1.807) is 18.2 Å². The monoisotopic (exact) mass is 258 g/mol. The number of phenolic OH excluding ortho intramolecular Hbond substituents is 1. The van der Waals surface area contributed by atoms with E-state index in [9.17, 15) is 10.2 Å². The molecule has 2 aromatic carbocycles. The van der Waals surface area contributed by atoms with Gasteiger partial charge in [0.1, 0.15) is 18.1 Å². The Morgan fingerprint density at radius 2 is 1.89 bits per heavy atom. The van der Waals surface area contributed by atoms with E-state index in [1.165, 1.54) is 0 Å². The van der Waals surface area contributed by atoms with Gasteiger partial charge in [-0.3, -0.25) is 0 Å².